The van der Waals surface area contributed by atoms with Crippen LogP contribution in [0.5, 0.6) is 0 Å². The van der Waals surface area contributed by atoms with Crippen molar-refractivity contribution in [3.05, 3.63) is 60.4 Å². The number of carbonyl (C=O) groups excluding carboxylic acids is 1. The van der Waals surface area contributed by atoms with Gasteiger partial charge in [-0.15, -0.1) is 5.10 Å². The molecule has 2 heterocycles. The van der Waals surface area contributed by atoms with Gasteiger partial charge >= 0.3 is 0 Å². The largest absolute Gasteiger partial charge is 0.383 e. The van der Waals surface area contributed by atoms with E-state index in [-0.39, 0.29) is 5.91 Å². The highest BCUT2D eigenvalue weighted by Crippen LogP contribution is 2.29. The van der Waals surface area contributed by atoms with Crippen molar-refractivity contribution in [2.45, 2.75) is 0 Å². The van der Waals surface area contributed by atoms with Gasteiger partial charge in [0.25, 0.3) is 5.91 Å². The van der Waals surface area contributed by atoms with Crippen molar-refractivity contribution >= 4 is 32.6 Å². The molecule has 0 atom stereocenters. The molecule has 0 aliphatic heterocycles. The number of aromatic nitrogens is 5. The standard InChI is InChI=1S/C18H16N6O2S/c1-26-10-9-23(18-20-15-7-2-3-8-16(15)27-18)17(25)13-5-4-6-14(11-13)24-12-19-21-22-24/h2-8,11-12H,9-10H2,1H3. The van der Waals surface area contributed by atoms with Gasteiger partial charge in [-0.3, -0.25) is 9.69 Å². The Hall–Kier alpha value is -3.17. The van der Waals surface area contributed by atoms with Gasteiger partial charge in [0, 0.05) is 12.7 Å². The summed E-state index contributed by atoms with van der Waals surface area (Å²) in [5.74, 6) is -0.152. The van der Waals surface area contributed by atoms with Crippen LogP contribution in [-0.2, 0) is 4.74 Å². The second-order valence-electron chi connectivity index (χ2n) is 5.72. The molecule has 0 saturated carbocycles. The Balaban J connectivity index is 1.69. The van der Waals surface area contributed by atoms with Crippen molar-refractivity contribution in [1.82, 2.24) is 25.2 Å². The number of benzene rings is 2. The molecule has 8 nitrogen and oxygen atoms in total. The Morgan fingerprint density at radius 2 is 2.11 bits per heavy atom. The average Bonchev–Trinajstić information content (AvgIpc) is 3.38. The van der Waals surface area contributed by atoms with Gasteiger partial charge in [0.15, 0.2) is 5.13 Å². The van der Waals surface area contributed by atoms with Crippen molar-refractivity contribution in [3.63, 3.8) is 0 Å². The van der Waals surface area contributed by atoms with E-state index in [2.05, 4.69) is 20.5 Å². The molecule has 0 radical (unpaired) electrons. The molecule has 136 valence electrons. The number of methoxy groups -OCH3 is 1. The zero-order valence-electron chi connectivity index (χ0n) is 14.5. The number of nitrogens with zero attached hydrogens (tertiary/aromatic N) is 6. The van der Waals surface area contributed by atoms with Crippen LogP contribution in [0.15, 0.2) is 54.9 Å². The van der Waals surface area contributed by atoms with Gasteiger partial charge < -0.3 is 4.74 Å². The molecule has 4 rings (SSSR count). The minimum atomic E-state index is -0.152. The highest BCUT2D eigenvalue weighted by atomic mass is 32.1. The van der Waals surface area contributed by atoms with Crippen LogP contribution in [0.2, 0.25) is 0 Å². The van der Waals surface area contributed by atoms with Gasteiger partial charge in [0.05, 0.1) is 29.1 Å². The van der Waals surface area contributed by atoms with E-state index >= 15 is 0 Å². The van der Waals surface area contributed by atoms with Gasteiger partial charge in [-0.05, 0) is 40.8 Å². The molecule has 2 aromatic carbocycles. The number of fused-ring (bicyclic) bond motifs is 1. The quantitative estimate of drug-likeness (QED) is 0.511. The lowest BCUT2D eigenvalue weighted by atomic mass is 10.2. The molecule has 0 unspecified atom stereocenters. The summed E-state index contributed by atoms with van der Waals surface area (Å²) in [7, 11) is 1.61. The third-order valence-electron chi connectivity index (χ3n) is 3.98. The fourth-order valence-electron chi connectivity index (χ4n) is 2.66. The zero-order chi connectivity index (χ0) is 18.6. The summed E-state index contributed by atoms with van der Waals surface area (Å²) in [5, 5.41) is 11.8. The summed E-state index contributed by atoms with van der Waals surface area (Å²) in [5.41, 5.74) is 2.11. The van der Waals surface area contributed by atoms with E-state index in [0.29, 0.717) is 29.5 Å². The first kappa shape index (κ1) is 17.3. The molecule has 1 amide bonds. The summed E-state index contributed by atoms with van der Waals surface area (Å²) >= 11 is 1.48. The van der Waals surface area contributed by atoms with Crippen LogP contribution < -0.4 is 4.90 Å². The number of carbonyl (C=O) groups is 1. The summed E-state index contributed by atoms with van der Waals surface area (Å²) in [6.07, 6.45) is 1.49. The SMILES string of the molecule is COCCN(C(=O)c1cccc(-n2cnnn2)c1)c1nc2ccccc2s1. The Morgan fingerprint density at radius 1 is 1.22 bits per heavy atom. The maximum atomic E-state index is 13.2. The van der Waals surface area contributed by atoms with E-state index in [4.69, 9.17) is 4.74 Å². The Bertz CT molecular complexity index is 1030. The number of tetrazole rings is 1. The fraction of sp³-hybridized carbons (Fsp3) is 0.167. The lowest BCUT2D eigenvalue weighted by Crippen LogP contribution is -2.34. The molecule has 0 aliphatic rings. The number of amides is 1. The number of rotatable bonds is 6. The molecule has 0 spiro atoms. The van der Waals surface area contributed by atoms with Crippen LogP contribution in [0.25, 0.3) is 15.9 Å². The van der Waals surface area contributed by atoms with Gasteiger partial charge in [-0.1, -0.05) is 29.5 Å². The van der Waals surface area contributed by atoms with Gasteiger partial charge in [0.1, 0.15) is 6.33 Å². The predicted molar refractivity (Wildman–Crippen MR) is 102 cm³/mol. The molecule has 0 aliphatic carbocycles. The number of anilines is 1. The molecule has 0 saturated heterocycles. The maximum absolute atomic E-state index is 13.2. The normalized spacial score (nSPS) is 11.0. The molecule has 0 fully saturated rings. The number of para-hydroxylation sites is 1. The molecule has 27 heavy (non-hydrogen) atoms. The number of hydrogen-bond donors (Lipinski definition) is 0. The smallest absolute Gasteiger partial charge is 0.260 e. The van der Waals surface area contributed by atoms with Crippen LogP contribution in [0.4, 0.5) is 5.13 Å². The number of thiazole rings is 1. The van der Waals surface area contributed by atoms with E-state index < -0.39 is 0 Å². The Morgan fingerprint density at radius 3 is 2.89 bits per heavy atom. The first-order valence-corrected chi connectivity index (χ1v) is 9.08. The third-order valence-corrected chi connectivity index (χ3v) is 5.04. The summed E-state index contributed by atoms with van der Waals surface area (Å²) in [6.45, 7) is 0.818. The lowest BCUT2D eigenvalue weighted by molar-refractivity contribution is 0.0976. The van der Waals surface area contributed by atoms with E-state index in [1.807, 2.05) is 30.3 Å². The van der Waals surface area contributed by atoms with Gasteiger partial charge in [0.2, 0.25) is 0 Å². The first-order valence-electron chi connectivity index (χ1n) is 8.26. The van der Waals surface area contributed by atoms with Crippen molar-refractivity contribution in [2.24, 2.45) is 0 Å². The topological polar surface area (TPSA) is 86.0 Å². The third kappa shape index (κ3) is 3.55. The van der Waals surface area contributed by atoms with Gasteiger partial charge in [-0.2, -0.15) is 0 Å². The fourth-order valence-corrected chi connectivity index (χ4v) is 3.65. The first-order chi connectivity index (χ1) is 13.3. The Kier molecular flexibility index (Phi) is 4.86. The summed E-state index contributed by atoms with van der Waals surface area (Å²) in [6, 6.07) is 15.0. The predicted octanol–water partition coefficient (Wildman–Crippen LogP) is 2.57. The van der Waals surface area contributed by atoms with E-state index in [1.165, 1.54) is 22.3 Å². The van der Waals surface area contributed by atoms with Crippen LogP contribution >= 0.6 is 11.3 Å². The maximum Gasteiger partial charge on any atom is 0.260 e. The van der Waals surface area contributed by atoms with Crippen molar-refractivity contribution in [1.29, 1.82) is 0 Å². The second kappa shape index (κ2) is 7.60. The minimum Gasteiger partial charge on any atom is -0.383 e. The average molecular weight is 380 g/mol. The van der Waals surface area contributed by atoms with Crippen LogP contribution in [0.1, 0.15) is 10.4 Å². The molecular formula is C18H16N6O2S. The molecule has 9 heteroatoms. The van der Waals surface area contributed by atoms with Crippen LogP contribution in [0, 0.1) is 0 Å². The monoisotopic (exact) mass is 380 g/mol. The lowest BCUT2D eigenvalue weighted by Gasteiger charge is -2.19. The van der Waals surface area contributed by atoms with Crippen molar-refractivity contribution in [2.75, 3.05) is 25.2 Å². The summed E-state index contributed by atoms with van der Waals surface area (Å²) < 4.78 is 7.73. The van der Waals surface area contributed by atoms with Crippen molar-refractivity contribution in [3.8, 4) is 5.69 Å². The molecular weight excluding hydrogens is 364 g/mol. The molecule has 0 N–H and O–H groups in total. The molecule has 4 aromatic rings. The zero-order valence-corrected chi connectivity index (χ0v) is 15.3. The second-order valence-corrected chi connectivity index (χ2v) is 6.73. The van der Waals surface area contributed by atoms with Crippen LogP contribution in [0.3, 0.4) is 0 Å². The molecule has 2 aromatic heterocycles. The van der Waals surface area contributed by atoms with E-state index in [1.54, 1.807) is 30.2 Å². The van der Waals surface area contributed by atoms with Gasteiger partial charge in [-0.25, -0.2) is 9.67 Å². The van der Waals surface area contributed by atoms with Crippen molar-refractivity contribution < 1.29 is 9.53 Å². The minimum absolute atomic E-state index is 0.152. The highest BCUT2D eigenvalue weighted by Gasteiger charge is 2.21. The number of hydrogen-bond acceptors (Lipinski definition) is 7. The number of ether oxygens (including phenoxy) is 1. The van der Waals surface area contributed by atoms with E-state index in [0.717, 1.165) is 10.2 Å². The summed E-state index contributed by atoms with van der Waals surface area (Å²) in [4.78, 5) is 19.5. The Labute approximate surface area is 159 Å². The highest BCUT2D eigenvalue weighted by molar-refractivity contribution is 7.22. The molecule has 0 bridgehead atoms. The van der Waals surface area contributed by atoms with Crippen LogP contribution in [-0.4, -0.2) is 51.4 Å². The van der Waals surface area contributed by atoms with E-state index in [9.17, 15) is 4.79 Å².